The summed E-state index contributed by atoms with van der Waals surface area (Å²) in [4.78, 5) is 18.9. The Kier molecular flexibility index (Phi) is 6.44. The predicted octanol–water partition coefficient (Wildman–Crippen LogP) is 5.37. The monoisotopic (exact) mass is 392 g/mol. The molecule has 1 amide bonds. The fourth-order valence-electron chi connectivity index (χ4n) is 3.09. The molecular formula is C23H25FN4O. The first-order valence-corrected chi connectivity index (χ1v) is 9.65. The number of benzene rings is 2. The van der Waals surface area contributed by atoms with Gasteiger partial charge in [0.15, 0.2) is 0 Å². The van der Waals surface area contributed by atoms with E-state index < -0.39 is 0 Å². The number of anilines is 4. The summed E-state index contributed by atoms with van der Waals surface area (Å²) in [5.74, 6) is -0.705. The Bertz CT molecular complexity index is 984. The van der Waals surface area contributed by atoms with Gasteiger partial charge in [-0.25, -0.2) is 4.39 Å². The van der Waals surface area contributed by atoms with Crippen LogP contribution in [0.5, 0.6) is 0 Å². The van der Waals surface area contributed by atoms with Crippen LogP contribution in [0, 0.1) is 12.7 Å². The quantitative estimate of drug-likeness (QED) is 0.567. The molecular weight excluding hydrogens is 367 g/mol. The van der Waals surface area contributed by atoms with Crippen LogP contribution in [0.25, 0.3) is 0 Å². The van der Waals surface area contributed by atoms with E-state index in [1.807, 2.05) is 12.1 Å². The zero-order valence-electron chi connectivity index (χ0n) is 16.9. The van der Waals surface area contributed by atoms with Crippen LogP contribution in [0.1, 0.15) is 29.9 Å². The molecule has 0 aliphatic heterocycles. The second kappa shape index (κ2) is 9.19. The van der Waals surface area contributed by atoms with Gasteiger partial charge in [-0.05, 0) is 80.9 Å². The number of aromatic nitrogens is 1. The number of hydrogen-bond acceptors (Lipinski definition) is 4. The van der Waals surface area contributed by atoms with Crippen molar-refractivity contribution in [1.29, 1.82) is 0 Å². The molecule has 29 heavy (non-hydrogen) atoms. The molecule has 3 aromatic rings. The highest BCUT2D eigenvalue weighted by molar-refractivity contribution is 6.03. The van der Waals surface area contributed by atoms with Crippen LogP contribution >= 0.6 is 0 Å². The zero-order chi connectivity index (χ0) is 20.8. The second-order valence-corrected chi connectivity index (χ2v) is 6.69. The van der Waals surface area contributed by atoms with E-state index in [4.69, 9.17) is 0 Å². The number of carbonyl (C=O) groups is 1. The highest BCUT2D eigenvalue weighted by Crippen LogP contribution is 2.26. The first-order valence-electron chi connectivity index (χ1n) is 9.65. The van der Waals surface area contributed by atoms with Gasteiger partial charge in [0, 0.05) is 42.0 Å². The molecule has 1 heterocycles. The van der Waals surface area contributed by atoms with Crippen molar-refractivity contribution in [2.75, 3.05) is 28.6 Å². The number of rotatable bonds is 7. The molecule has 0 aliphatic carbocycles. The molecule has 5 nitrogen and oxygen atoms in total. The van der Waals surface area contributed by atoms with Gasteiger partial charge in [0.1, 0.15) is 11.5 Å². The van der Waals surface area contributed by atoms with E-state index in [2.05, 4.69) is 53.4 Å². The fraction of sp³-hybridized carbons (Fsp3) is 0.217. The Morgan fingerprint density at radius 3 is 2.38 bits per heavy atom. The number of hydrogen-bond donors (Lipinski definition) is 2. The van der Waals surface area contributed by atoms with Gasteiger partial charge in [-0.3, -0.25) is 9.78 Å². The molecule has 150 valence electrons. The zero-order valence-corrected chi connectivity index (χ0v) is 16.9. The second-order valence-electron chi connectivity index (χ2n) is 6.69. The normalized spacial score (nSPS) is 10.5. The molecule has 0 spiro atoms. The predicted molar refractivity (Wildman–Crippen MR) is 117 cm³/mol. The van der Waals surface area contributed by atoms with Crippen LogP contribution in [-0.4, -0.2) is 24.0 Å². The van der Waals surface area contributed by atoms with Crippen LogP contribution in [0.4, 0.5) is 27.1 Å². The summed E-state index contributed by atoms with van der Waals surface area (Å²) in [5, 5.41) is 6.07. The van der Waals surface area contributed by atoms with Crippen LogP contribution in [0.15, 0.2) is 60.8 Å². The molecule has 0 atom stereocenters. The van der Waals surface area contributed by atoms with Gasteiger partial charge in [-0.2, -0.15) is 0 Å². The number of aryl methyl sites for hydroxylation is 1. The number of amides is 1. The molecule has 2 aromatic carbocycles. The molecule has 0 saturated carbocycles. The molecule has 6 heteroatoms. The average Bonchev–Trinajstić information content (AvgIpc) is 2.73. The fourth-order valence-corrected chi connectivity index (χ4v) is 3.09. The van der Waals surface area contributed by atoms with Crippen LogP contribution in [-0.2, 0) is 0 Å². The summed E-state index contributed by atoms with van der Waals surface area (Å²) >= 11 is 0. The van der Waals surface area contributed by atoms with E-state index in [0.29, 0.717) is 5.69 Å². The van der Waals surface area contributed by atoms with E-state index in [-0.39, 0.29) is 17.4 Å². The standard InChI is InChI=1S/C23H25FN4O/c1-4-28(5-2)20-10-11-21(16(3)14-20)26-19-12-13-25-22(15-19)23(29)27-18-8-6-17(24)7-9-18/h6-15H,4-5H2,1-3H3,(H,25,26)(H,27,29). The Hall–Kier alpha value is -3.41. The lowest BCUT2D eigenvalue weighted by atomic mass is 10.1. The number of carbonyl (C=O) groups excluding carboxylic acids is 1. The van der Waals surface area contributed by atoms with Crippen LogP contribution < -0.4 is 15.5 Å². The molecule has 1 aromatic heterocycles. The summed E-state index contributed by atoms with van der Waals surface area (Å²) < 4.78 is 13.0. The molecule has 0 radical (unpaired) electrons. The third-order valence-electron chi connectivity index (χ3n) is 4.71. The van der Waals surface area contributed by atoms with Gasteiger partial charge in [0.25, 0.3) is 5.91 Å². The minimum atomic E-state index is -0.353. The summed E-state index contributed by atoms with van der Waals surface area (Å²) in [6.07, 6.45) is 1.58. The number of pyridine rings is 1. The van der Waals surface area contributed by atoms with E-state index in [0.717, 1.165) is 30.0 Å². The third-order valence-corrected chi connectivity index (χ3v) is 4.71. The SMILES string of the molecule is CCN(CC)c1ccc(Nc2ccnc(C(=O)Nc3ccc(F)cc3)c2)c(C)c1. The van der Waals surface area contributed by atoms with Crippen LogP contribution in [0.2, 0.25) is 0 Å². The maximum atomic E-state index is 13.0. The van der Waals surface area contributed by atoms with Crippen molar-refractivity contribution in [2.24, 2.45) is 0 Å². The molecule has 3 rings (SSSR count). The maximum Gasteiger partial charge on any atom is 0.274 e. The van der Waals surface area contributed by atoms with Gasteiger partial charge in [-0.1, -0.05) is 0 Å². The molecule has 0 saturated heterocycles. The lowest BCUT2D eigenvalue weighted by Gasteiger charge is -2.22. The third kappa shape index (κ3) is 5.10. The summed E-state index contributed by atoms with van der Waals surface area (Å²) in [6.45, 7) is 8.25. The van der Waals surface area contributed by atoms with E-state index in [1.165, 1.54) is 30.0 Å². The van der Waals surface area contributed by atoms with Gasteiger partial charge in [-0.15, -0.1) is 0 Å². The van der Waals surface area contributed by atoms with Crippen molar-refractivity contribution in [1.82, 2.24) is 4.98 Å². The van der Waals surface area contributed by atoms with E-state index >= 15 is 0 Å². The van der Waals surface area contributed by atoms with E-state index in [9.17, 15) is 9.18 Å². The van der Waals surface area contributed by atoms with Gasteiger partial charge >= 0.3 is 0 Å². The average molecular weight is 392 g/mol. The van der Waals surface area contributed by atoms with Gasteiger partial charge in [0.2, 0.25) is 0 Å². The van der Waals surface area contributed by atoms with Crippen molar-refractivity contribution in [2.45, 2.75) is 20.8 Å². The van der Waals surface area contributed by atoms with E-state index in [1.54, 1.807) is 12.3 Å². The first-order chi connectivity index (χ1) is 14.0. The highest BCUT2D eigenvalue weighted by Gasteiger charge is 2.10. The number of halogens is 1. The smallest absolute Gasteiger partial charge is 0.274 e. The minimum Gasteiger partial charge on any atom is -0.372 e. The largest absolute Gasteiger partial charge is 0.372 e. The Morgan fingerprint density at radius 2 is 1.72 bits per heavy atom. The van der Waals surface area contributed by atoms with Crippen molar-refractivity contribution in [3.8, 4) is 0 Å². The first kappa shape index (κ1) is 20.3. The highest BCUT2D eigenvalue weighted by atomic mass is 19.1. The summed E-state index contributed by atoms with van der Waals surface area (Å²) in [6, 6.07) is 15.4. The lowest BCUT2D eigenvalue weighted by molar-refractivity contribution is 0.102. The lowest BCUT2D eigenvalue weighted by Crippen LogP contribution is -2.21. The van der Waals surface area contributed by atoms with Crippen molar-refractivity contribution in [3.63, 3.8) is 0 Å². The molecule has 0 aliphatic rings. The molecule has 0 unspecified atom stereocenters. The van der Waals surface area contributed by atoms with Crippen molar-refractivity contribution < 1.29 is 9.18 Å². The van der Waals surface area contributed by atoms with Crippen molar-refractivity contribution in [3.05, 3.63) is 77.9 Å². The van der Waals surface area contributed by atoms with Crippen LogP contribution in [0.3, 0.4) is 0 Å². The van der Waals surface area contributed by atoms with Gasteiger partial charge in [0.05, 0.1) is 0 Å². The minimum absolute atomic E-state index is 0.275. The molecule has 2 N–H and O–H groups in total. The van der Waals surface area contributed by atoms with Gasteiger partial charge < -0.3 is 15.5 Å². The Balaban J connectivity index is 1.74. The number of nitrogens with one attached hydrogen (secondary N) is 2. The Labute approximate surface area is 170 Å². The molecule has 0 fully saturated rings. The maximum absolute atomic E-state index is 13.0. The van der Waals surface area contributed by atoms with Crippen molar-refractivity contribution >= 4 is 28.7 Å². The summed E-state index contributed by atoms with van der Waals surface area (Å²) in [7, 11) is 0. The summed E-state index contributed by atoms with van der Waals surface area (Å²) in [5.41, 5.74) is 4.83. The molecule has 0 bridgehead atoms. The Morgan fingerprint density at radius 1 is 1.00 bits per heavy atom. The number of nitrogens with zero attached hydrogens (tertiary/aromatic N) is 2. The topological polar surface area (TPSA) is 57.3 Å².